The fraction of sp³-hybridized carbons (Fsp3) is 0.333. The standard InChI is InChI=1S/C24H26N2O8/c1-5-12-26-15-11-9-8-10-14(15)24(23(26)30)18(22(29)33-7-3)16(13-17(27)32-6-2)34-20(25)19(24)21(28)31-4/h5,8-11H,1,6-7,12-13,25H2,2-4H3/t24-/m1/s1. The smallest absolute Gasteiger partial charge is 0.340 e. The van der Waals surface area contributed by atoms with Crippen molar-refractivity contribution in [3.8, 4) is 0 Å². The van der Waals surface area contributed by atoms with Gasteiger partial charge in [-0.05, 0) is 19.9 Å². The Balaban J connectivity index is 2.45. The first kappa shape index (κ1) is 24.6. The number of nitrogens with two attached hydrogens (primary N) is 1. The van der Waals surface area contributed by atoms with E-state index in [0.29, 0.717) is 5.69 Å². The van der Waals surface area contributed by atoms with Crippen molar-refractivity contribution in [3.05, 3.63) is 65.3 Å². The zero-order valence-electron chi connectivity index (χ0n) is 19.2. The van der Waals surface area contributed by atoms with Gasteiger partial charge in [-0.15, -0.1) is 6.58 Å². The lowest BCUT2D eigenvalue weighted by atomic mass is 9.67. The largest absolute Gasteiger partial charge is 0.466 e. The average Bonchev–Trinajstić information content (AvgIpc) is 3.03. The first-order valence-corrected chi connectivity index (χ1v) is 10.6. The van der Waals surface area contributed by atoms with E-state index in [2.05, 4.69) is 6.58 Å². The van der Waals surface area contributed by atoms with Crippen LogP contribution in [0, 0.1) is 0 Å². The highest BCUT2D eigenvalue weighted by molar-refractivity contribution is 6.22. The van der Waals surface area contributed by atoms with Gasteiger partial charge in [0.15, 0.2) is 0 Å². The maximum absolute atomic E-state index is 14.1. The number of ether oxygens (including phenoxy) is 4. The molecule has 1 atom stereocenters. The van der Waals surface area contributed by atoms with E-state index in [1.165, 1.54) is 11.0 Å². The minimum Gasteiger partial charge on any atom is -0.466 e. The van der Waals surface area contributed by atoms with Crippen LogP contribution in [0.5, 0.6) is 0 Å². The fourth-order valence-electron chi connectivity index (χ4n) is 4.29. The Hall–Kier alpha value is -4.08. The summed E-state index contributed by atoms with van der Waals surface area (Å²) in [4.78, 5) is 54.3. The topological polar surface area (TPSA) is 134 Å². The number of methoxy groups -OCH3 is 1. The number of rotatable bonds is 8. The summed E-state index contributed by atoms with van der Waals surface area (Å²) < 4.78 is 20.8. The van der Waals surface area contributed by atoms with E-state index in [9.17, 15) is 19.2 Å². The molecule has 0 saturated carbocycles. The number of anilines is 1. The molecule has 3 rings (SSSR count). The lowest BCUT2D eigenvalue weighted by Crippen LogP contribution is -2.51. The van der Waals surface area contributed by atoms with Crippen molar-refractivity contribution in [2.45, 2.75) is 25.7 Å². The SMILES string of the molecule is C=CCN1C(=O)[C@]2(C(C(=O)OC)=C(N)OC(CC(=O)OCC)=C2C(=O)OCC)c2ccccc21. The van der Waals surface area contributed by atoms with E-state index in [1.54, 1.807) is 38.1 Å². The highest BCUT2D eigenvalue weighted by Crippen LogP contribution is 2.54. The predicted octanol–water partition coefficient (Wildman–Crippen LogP) is 1.60. The fourth-order valence-corrected chi connectivity index (χ4v) is 4.29. The number of amides is 1. The van der Waals surface area contributed by atoms with E-state index >= 15 is 0 Å². The zero-order chi connectivity index (χ0) is 25.0. The van der Waals surface area contributed by atoms with Gasteiger partial charge in [-0.25, -0.2) is 9.59 Å². The second-order valence-electron chi connectivity index (χ2n) is 7.30. The molecule has 0 aromatic heterocycles. The maximum Gasteiger partial charge on any atom is 0.340 e. The van der Waals surface area contributed by atoms with Crippen LogP contribution < -0.4 is 10.6 Å². The summed E-state index contributed by atoms with van der Waals surface area (Å²) >= 11 is 0. The average molecular weight is 470 g/mol. The third kappa shape index (κ3) is 3.70. The van der Waals surface area contributed by atoms with Crippen molar-refractivity contribution >= 4 is 29.5 Å². The summed E-state index contributed by atoms with van der Waals surface area (Å²) in [5.41, 5.74) is 4.09. The first-order valence-electron chi connectivity index (χ1n) is 10.6. The second-order valence-corrected chi connectivity index (χ2v) is 7.30. The van der Waals surface area contributed by atoms with E-state index in [-0.39, 0.29) is 42.2 Å². The summed E-state index contributed by atoms with van der Waals surface area (Å²) in [5, 5.41) is 0. The number of nitrogens with zero attached hydrogens (tertiary/aromatic N) is 1. The molecule has 10 heteroatoms. The molecule has 0 aliphatic carbocycles. The predicted molar refractivity (Wildman–Crippen MR) is 120 cm³/mol. The zero-order valence-corrected chi connectivity index (χ0v) is 19.2. The van der Waals surface area contributed by atoms with Crippen molar-refractivity contribution in [3.63, 3.8) is 0 Å². The summed E-state index contributed by atoms with van der Waals surface area (Å²) in [6.45, 7) is 7.03. The van der Waals surface area contributed by atoms with Crippen molar-refractivity contribution in [1.29, 1.82) is 0 Å². The molecule has 0 bridgehead atoms. The summed E-state index contributed by atoms with van der Waals surface area (Å²) in [7, 11) is 1.12. The van der Waals surface area contributed by atoms with Crippen LogP contribution in [-0.4, -0.2) is 50.7 Å². The molecule has 2 aliphatic rings. The number of esters is 3. The third-order valence-electron chi connectivity index (χ3n) is 5.46. The highest BCUT2D eigenvalue weighted by atomic mass is 16.5. The summed E-state index contributed by atoms with van der Waals surface area (Å²) in [6, 6.07) is 6.62. The minimum absolute atomic E-state index is 0.0376. The number of carbonyl (C=O) groups excluding carboxylic acids is 4. The maximum atomic E-state index is 14.1. The highest BCUT2D eigenvalue weighted by Gasteiger charge is 2.64. The normalized spacial score (nSPS) is 19.0. The van der Waals surface area contributed by atoms with Crippen LogP contribution in [-0.2, 0) is 43.5 Å². The molecule has 34 heavy (non-hydrogen) atoms. The van der Waals surface area contributed by atoms with Crippen molar-refractivity contribution in [2.24, 2.45) is 5.73 Å². The molecular formula is C24H26N2O8. The monoisotopic (exact) mass is 470 g/mol. The van der Waals surface area contributed by atoms with Crippen LogP contribution in [0.25, 0.3) is 0 Å². The van der Waals surface area contributed by atoms with Gasteiger partial charge >= 0.3 is 17.9 Å². The first-order chi connectivity index (χ1) is 16.3. The van der Waals surface area contributed by atoms with Gasteiger partial charge < -0.3 is 29.6 Å². The number of hydrogen-bond donors (Lipinski definition) is 1. The second kappa shape index (κ2) is 9.82. The van der Waals surface area contributed by atoms with Gasteiger partial charge in [-0.2, -0.15) is 0 Å². The van der Waals surface area contributed by atoms with Crippen molar-refractivity contribution < 1.29 is 38.1 Å². The molecule has 1 aromatic rings. The van der Waals surface area contributed by atoms with Crippen LogP contribution in [0.1, 0.15) is 25.8 Å². The quantitative estimate of drug-likeness (QED) is 0.341. The number of carbonyl (C=O) groups is 4. The number of benzene rings is 1. The van der Waals surface area contributed by atoms with Gasteiger partial charge in [-0.1, -0.05) is 24.3 Å². The van der Waals surface area contributed by atoms with Gasteiger partial charge in [-0.3, -0.25) is 9.59 Å². The molecule has 0 unspecified atom stereocenters. The molecule has 1 amide bonds. The van der Waals surface area contributed by atoms with Crippen molar-refractivity contribution in [1.82, 2.24) is 0 Å². The van der Waals surface area contributed by atoms with Gasteiger partial charge in [0, 0.05) is 17.8 Å². The number of para-hydroxylation sites is 1. The lowest BCUT2D eigenvalue weighted by molar-refractivity contribution is -0.143. The Bertz CT molecular complexity index is 1120. The number of fused-ring (bicyclic) bond motifs is 2. The van der Waals surface area contributed by atoms with Gasteiger partial charge in [0.25, 0.3) is 0 Å². The number of hydrogen-bond acceptors (Lipinski definition) is 9. The van der Waals surface area contributed by atoms with Crippen LogP contribution >= 0.6 is 0 Å². The molecule has 2 heterocycles. The summed E-state index contributed by atoms with van der Waals surface area (Å²) in [6.07, 6.45) is 0.987. The minimum atomic E-state index is -2.07. The third-order valence-corrected chi connectivity index (χ3v) is 5.46. The van der Waals surface area contributed by atoms with Crippen LogP contribution in [0.3, 0.4) is 0 Å². The Kier molecular flexibility index (Phi) is 7.09. The van der Waals surface area contributed by atoms with Crippen LogP contribution in [0.15, 0.2) is 59.7 Å². The van der Waals surface area contributed by atoms with E-state index in [0.717, 1.165) is 7.11 Å². The van der Waals surface area contributed by atoms with Gasteiger partial charge in [0.05, 0.1) is 20.3 Å². The van der Waals surface area contributed by atoms with Crippen molar-refractivity contribution in [2.75, 3.05) is 31.8 Å². The molecule has 1 spiro atoms. The molecular weight excluding hydrogens is 444 g/mol. The summed E-state index contributed by atoms with van der Waals surface area (Å²) in [5.74, 6) is -4.01. The molecule has 2 aliphatic heterocycles. The van der Waals surface area contributed by atoms with Crippen LogP contribution in [0.2, 0.25) is 0 Å². The molecule has 180 valence electrons. The van der Waals surface area contributed by atoms with Gasteiger partial charge in [0.1, 0.15) is 28.7 Å². The molecule has 0 radical (unpaired) electrons. The molecule has 0 saturated heterocycles. The van der Waals surface area contributed by atoms with E-state index in [1.807, 2.05) is 0 Å². The van der Waals surface area contributed by atoms with E-state index in [4.69, 9.17) is 24.7 Å². The van der Waals surface area contributed by atoms with Crippen LogP contribution in [0.4, 0.5) is 5.69 Å². The molecule has 2 N–H and O–H groups in total. The van der Waals surface area contributed by atoms with E-state index < -0.39 is 41.5 Å². The molecule has 10 nitrogen and oxygen atoms in total. The Morgan fingerprint density at radius 3 is 2.41 bits per heavy atom. The van der Waals surface area contributed by atoms with Gasteiger partial charge in [0.2, 0.25) is 11.8 Å². The molecule has 1 aromatic carbocycles. The Morgan fingerprint density at radius 1 is 1.12 bits per heavy atom. The Morgan fingerprint density at radius 2 is 1.79 bits per heavy atom. The Labute approximate surface area is 196 Å². The lowest BCUT2D eigenvalue weighted by Gasteiger charge is -2.36. The molecule has 0 fully saturated rings.